The summed E-state index contributed by atoms with van der Waals surface area (Å²) in [4.78, 5) is 2.46. The first-order valence-corrected chi connectivity index (χ1v) is 8.36. The van der Waals surface area contributed by atoms with E-state index >= 15 is 0 Å². The molecule has 0 radical (unpaired) electrons. The molecule has 0 bridgehead atoms. The van der Waals surface area contributed by atoms with Gasteiger partial charge in [-0.15, -0.1) is 0 Å². The highest BCUT2D eigenvalue weighted by Gasteiger charge is 2.25. The maximum absolute atomic E-state index is 13.0. The fourth-order valence-corrected chi connectivity index (χ4v) is 3.65. The number of piperidine rings is 1. The Bertz CT molecular complexity index is 638. The molecule has 1 aliphatic rings. The molecule has 23 heavy (non-hydrogen) atoms. The lowest BCUT2D eigenvalue weighted by atomic mass is 9.89. The molecule has 1 aliphatic heterocycles. The van der Waals surface area contributed by atoms with Gasteiger partial charge in [0.05, 0.1) is 0 Å². The molecule has 1 fully saturated rings. The maximum atomic E-state index is 13.0. The third-order valence-corrected chi connectivity index (χ3v) is 4.57. The van der Waals surface area contributed by atoms with E-state index in [9.17, 15) is 4.39 Å². The van der Waals surface area contributed by atoms with Crippen molar-refractivity contribution in [2.45, 2.75) is 32.4 Å². The molecule has 3 heteroatoms. The molecule has 1 heterocycles. The minimum absolute atomic E-state index is 0.171. The van der Waals surface area contributed by atoms with Crippen LogP contribution in [0.4, 0.5) is 4.39 Å². The van der Waals surface area contributed by atoms with Crippen LogP contribution in [0.5, 0.6) is 0 Å². The largest absolute Gasteiger partial charge is 0.327 e. The first kappa shape index (κ1) is 16.2. The van der Waals surface area contributed by atoms with Crippen LogP contribution in [-0.4, -0.2) is 24.0 Å². The Balaban J connectivity index is 1.63. The van der Waals surface area contributed by atoms with E-state index in [0.717, 1.165) is 32.5 Å². The van der Waals surface area contributed by atoms with Crippen molar-refractivity contribution in [1.29, 1.82) is 0 Å². The van der Waals surface area contributed by atoms with Crippen LogP contribution < -0.4 is 5.73 Å². The van der Waals surface area contributed by atoms with Crippen molar-refractivity contribution in [3.05, 3.63) is 71.0 Å². The van der Waals surface area contributed by atoms with E-state index in [1.165, 1.54) is 16.7 Å². The smallest absolute Gasteiger partial charge is 0.123 e. The number of hydrogen-bond donors (Lipinski definition) is 1. The molecule has 0 amide bonds. The highest BCUT2D eigenvalue weighted by atomic mass is 19.1. The normalized spacial score (nSPS) is 22.2. The summed E-state index contributed by atoms with van der Waals surface area (Å²) in [5, 5.41) is 0. The van der Waals surface area contributed by atoms with E-state index in [1.54, 1.807) is 12.1 Å². The molecule has 2 N–H and O–H groups in total. The average molecular weight is 312 g/mol. The Labute approximate surface area is 138 Å². The number of halogens is 1. The van der Waals surface area contributed by atoms with Gasteiger partial charge in [0.15, 0.2) is 0 Å². The monoisotopic (exact) mass is 312 g/mol. The molecule has 0 spiro atoms. The first-order valence-electron chi connectivity index (χ1n) is 8.36. The predicted octanol–water partition coefficient (Wildman–Crippen LogP) is 3.53. The van der Waals surface area contributed by atoms with Crippen molar-refractivity contribution in [2.75, 3.05) is 13.1 Å². The zero-order valence-corrected chi connectivity index (χ0v) is 13.7. The summed E-state index contributed by atoms with van der Waals surface area (Å²) >= 11 is 0. The zero-order valence-electron chi connectivity index (χ0n) is 13.7. The van der Waals surface area contributed by atoms with Gasteiger partial charge < -0.3 is 5.73 Å². The van der Waals surface area contributed by atoms with Crippen LogP contribution in [0, 0.1) is 18.7 Å². The Hall–Kier alpha value is -1.71. The number of hydrogen-bond acceptors (Lipinski definition) is 2. The minimum atomic E-state index is -0.171. The molecular formula is C20H25FN2. The maximum Gasteiger partial charge on any atom is 0.123 e. The van der Waals surface area contributed by atoms with Gasteiger partial charge in [-0.25, -0.2) is 4.39 Å². The third kappa shape index (κ3) is 4.63. The van der Waals surface area contributed by atoms with Crippen LogP contribution >= 0.6 is 0 Å². The van der Waals surface area contributed by atoms with Crippen molar-refractivity contribution >= 4 is 0 Å². The van der Waals surface area contributed by atoms with Gasteiger partial charge in [0.1, 0.15) is 5.82 Å². The van der Waals surface area contributed by atoms with Crippen molar-refractivity contribution < 1.29 is 4.39 Å². The molecule has 2 aromatic rings. The van der Waals surface area contributed by atoms with E-state index in [1.807, 2.05) is 12.1 Å². The fraction of sp³-hybridized carbons (Fsp3) is 0.400. The summed E-state index contributed by atoms with van der Waals surface area (Å²) in [7, 11) is 0. The number of benzene rings is 2. The van der Waals surface area contributed by atoms with Crippen LogP contribution in [0.2, 0.25) is 0 Å². The molecule has 2 atom stereocenters. The van der Waals surface area contributed by atoms with E-state index in [4.69, 9.17) is 5.73 Å². The van der Waals surface area contributed by atoms with Crippen molar-refractivity contribution in [1.82, 2.24) is 4.90 Å². The summed E-state index contributed by atoms with van der Waals surface area (Å²) in [5.74, 6) is 0.365. The summed E-state index contributed by atoms with van der Waals surface area (Å²) in [6, 6.07) is 15.8. The van der Waals surface area contributed by atoms with Crippen molar-refractivity contribution in [2.24, 2.45) is 11.7 Å². The van der Waals surface area contributed by atoms with Gasteiger partial charge in [0, 0.05) is 25.7 Å². The second-order valence-corrected chi connectivity index (χ2v) is 6.88. The molecule has 2 aromatic carbocycles. The van der Waals surface area contributed by atoms with Gasteiger partial charge in [0.25, 0.3) is 0 Å². The quantitative estimate of drug-likeness (QED) is 0.936. The van der Waals surface area contributed by atoms with Crippen LogP contribution in [0.15, 0.2) is 48.5 Å². The lowest BCUT2D eigenvalue weighted by molar-refractivity contribution is 0.149. The lowest BCUT2D eigenvalue weighted by Gasteiger charge is -2.36. The van der Waals surface area contributed by atoms with Gasteiger partial charge in [-0.2, -0.15) is 0 Å². The number of rotatable bonds is 4. The van der Waals surface area contributed by atoms with Crippen LogP contribution in [-0.2, 0) is 13.0 Å². The minimum Gasteiger partial charge on any atom is -0.327 e. The second kappa shape index (κ2) is 7.24. The first-order chi connectivity index (χ1) is 11.1. The van der Waals surface area contributed by atoms with E-state index in [-0.39, 0.29) is 11.9 Å². The molecule has 1 saturated heterocycles. The van der Waals surface area contributed by atoms with E-state index in [2.05, 4.69) is 36.1 Å². The number of nitrogens with two attached hydrogens (primary N) is 1. The van der Waals surface area contributed by atoms with Crippen molar-refractivity contribution in [3.63, 3.8) is 0 Å². The van der Waals surface area contributed by atoms with Gasteiger partial charge in [0.2, 0.25) is 0 Å². The van der Waals surface area contributed by atoms with Crippen molar-refractivity contribution in [3.8, 4) is 0 Å². The molecule has 0 aromatic heterocycles. The molecule has 3 rings (SSSR count). The number of nitrogens with zero attached hydrogens (tertiary/aromatic N) is 1. The Kier molecular flexibility index (Phi) is 5.09. The van der Waals surface area contributed by atoms with Crippen LogP contribution in [0.25, 0.3) is 0 Å². The lowest BCUT2D eigenvalue weighted by Crippen LogP contribution is -2.47. The molecular weight excluding hydrogens is 287 g/mol. The van der Waals surface area contributed by atoms with E-state index in [0.29, 0.717) is 5.92 Å². The summed E-state index contributed by atoms with van der Waals surface area (Å²) in [6.45, 7) is 5.09. The Morgan fingerprint density at radius 2 is 1.87 bits per heavy atom. The van der Waals surface area contributed by atoms with E-state index < -0.39 is 0 Å². The SMILES string of the molecule is Cc1cccc(CN2CC(N)CC(Cc3ccc(F)cc3)C2)c1. The standard InChI is InChI=1S/C20H25FN2/c1-15-3-2-4-17(9-15)12-23-13-18(11-20(22)14-23)10-16-5-7-19(21)8-6-16/h2-9,18,20H,10-14,22H2,1H3. The van der Waals surface area contributed by atoms with Crippen LogP contribution in [0.3, 0.4) is 0 Å². The molecule has 2 unspecified atom stereocenters. The number of aryl methyl sites for hydroxylation is 1. The summed E-state index contributed by atoms with van der Waals surface area (Å²) in [5.41, 5.74) is 10.1. The second-order valence-electron chi connectivity index (χ2n) is 6.88. The van der Waals surface area contributed by atoms with Gasteiger partial charge in [-0.05, 0) is 48.9 Å². The average Bonchev–Trinajstić information content (AvgIpc) is 2.49. The Morgan fingerprint density at radius 1 is 1.09 bits per heavy atom. The zero-order chi connectivity index (χ0) is 16.2. The predicted molar refractivity (Wildman–Crippen MR) is 92.6 cm³/mol. The summed E-state index contributed by atoms with van der Waals surface area (Å²) in [6.07, 6.45) is 2.01. The molecule has 2 nitrogen and oxygen atoms in total. The fourth-order valence-electron chi connectivity index (χ4n) is 3.65. The molecule has 0 saturated carbocycles. The summed E-state index contributed by atoms with van der Waals surface area (Å²) < 4.78 is 13.0. The topological polar surface area (TPSA) is 29.3 Å². The molecule has 0 aliphatic carbocycles. The highest BCUT2D eigenvalue weighted by molar-refractivity contribution is 5.22. The Morgan fingerprint density at radius 3 is 2.61 bits per heavy atom. The third-order valence-electron chi connectivity index (χ3n) is 4.57. The van der Waals surface area contributed by atoms with Gasteiger partial charge in [-0.1, -0.05) is 42.0 Å². The van der Waals surface area contributed by atoms with Gasteiger partial charge >= 0.3 is 0 Å². The number of likely N-dealkylation sites (tertiary alicyclic amines) is 1. The highest BCUT2D eigenvalue weighted by Crippen LogP contribution is 2.22. The van der Waals surface area contributed by atoms with Gasteiger partial charge in [-0.3, -0.25) is 4.90 Å². The molecule has 122 valence electrons. The van der Waals surface area contributed by atoms with Crippen LogP contribution in [0.1, 0.15) is 23.1 Å².